The fraction of sp³-hybridized carbons (Fsp3) is 0.188. The minimum atomic E-state index is -0.334. The quantitative estimate of drug-likeness (QED) is 0.592. The molecule has 1 heterocycles. The van der Waals surface area contributed by atoms with Crippen LogP contribution < -0.4 is 10.6 Å². The van der Waals surface area contributed by atoms with Gasteiger partial charge in [-0.2, -0.15) is 0 Å². The van der Waals surface area contributed by atoms with E-state index < -0.39 is 0 Å². The summed E-state index contributed by atoms with van der Waals surface area (Å²) in [5, 5.41) is 0. The molecule has 0 atom stereocenters. The van der Waals surface area contributed by atoms with Gasteiger partial charge in [0, 0.05) is 21.5 Å². The van der Waals surface area contributed by atoms with Crippen LogP contribution in [-0.4, -0.2) is 12.5 Å². The highest BCUT2D eigenvalue weighted by molar-refractivity contribution is 14.1. The van der Waals surface area contributed by atoms with Gasteiger partial charge < -0.3 is 10.6 Å². The predicted molar refractivity (Wildman–Crippen MR) is 90.0 cm³/mol. The number of hydrogen-bond donors (Lipinski definition) is 1. The van der Waals surface area contributed by atoms with Crippen molar-refractivity contribution >= 4 is 39.9 Å². The van der Waals surface area contributed by atoms with E-state index in [0.29, 0.717) is 21.4 Å². The second kappa shape index (κ2) is 5.63. The molecule has 0 spiro atoms. The van der Waals surface area contributed by atoms with E-state index in [-0.39, 0.29) is 11.7 Å². The Kier molecular flexibility index (Phi) is 3.84. The van der Waals surface area contributed by atoms with Crippen molar-refractivity contribution in [2.75, 3.05) is 17.2 Å². The van der Waals surface area contributed by atoms with Crippen LogP contribution in [0.1, 0.15) is 22.3 Å². The van der Waals surface area contributed by atoms with Crippen LogP contribution in [0.25, 0.3) is 0 Å². The lowest BCUT2D eigenvalue weighted by Crippen LogP contribution is -2.36. The van der Waals surface area contributed by atoms with Gasteiger partial charge in [0.2, 0.25) is 0 Å². The Labute approximate surface area is 136 Å². The second-order valence-electron chi connectivity index (χ2n) is 5.07. The lowest BCUT2D eigenvalue weighted by atomic mass is 10.00. The number of carbonyl (C=O) groups excluding carboxylic acids is 1. The third-order valence-electron chi connectivity index (χ3n) is 3.63. The molecule has 108 valence electrons. The molecule has 2 aromatic rings. The van der Waals surface area contributed by atoms with Crippen LogP contribution in [-0.2, 0) is 6.42 Å². The number of nitrogens with two attached hydrogens (primary N) is 1. The highest BCUT2D eigenvalue weighted by Gasteiger charge is 2.25. The number of nitrogens with zero attached hydrogens (tertiary/aromatic N) is 1. The molecule has 3 rings (SSSR count). The van der Waals surface area contributed by atoms with Crippen molar-refractivity contribution in [2.45, 2.75) is 12.8 Å². The Bertz CT molecular complexity index is 717. The first-order valence-electron chi connectivity index (χ1n) is 6.71. The van der Waals surface area contributed by atoms with E-state index in [1.54, 1.807) is 11.0 Å². The summed E-state index contributed by atoms with van der Waals surface area (Å²) in [6, 6.07) is 9.90. The zero-order valence-electron chi connectivity index (χ0n) is 11.3. The smallest absolute Gasteiger partial charge is 0.259 e. The zero-order valence-corrected chi connectivity index (χ0v) is 13.4. The van der Waals surface area contributed by atoms with Gasteiger partial charge in [0.1, 0.15) is 5.82 Å². The van der Waals surface area contributed by atoms with Gasteiger partial charge in [-0.25, -0.2) is 4.39 Å². The van der Waals surface area contributed by atoms with Crippen molar-refractivity contribution < 1.29 is 9.18 Å². The molecule has 0 fully saturated rings. The Morgan fingerprint density at radius 2 is 2.05 bits per heavy atom. The maximum Gasteiger partial charge on any atom is 0.259 e. The lowest BCUT2D eigenvalue weighted by molar-refractivity contribution is 0.0984. The third kappa shape index (κ3) is 2.74. The SMILES string of the molecule is Nc1ccc2c(c1)N(C(=O)c1ccc(F)cc1I)CCC2. The fourth-order valence-corrected chi connectivity index (χ4v) is 3.32. The average Bonchev–Trinajstić information content (AvgIpc) is 2.46. The first kappa shape index (κ1) is 14.3. The third-order valence-corrected chi connectivity index (χ3v) is 4.53. The number of fused-ring (bicyclic) bond motifs is 1. The van der Waals surface area contributed by atoms with Gasteiger partial charge >= 0.3 is 0 Å². The van der Waals surface area contributed by atoms with Gasteiger partial charge in [0.05, 0.1) is 5.56 Å². The molecule has 1 aliphatic heterocycles. The summed E-state index contributed by atoms with van der Waals surface area (Å²) in [5.41, 5.74) is 9.00. The minimum Gasteiger partial charge on any atom is -0.399 e. The van der Waals surface area contributed by atoms with Crippen molar-refractivity contribution in [1.29, 1.82) is 0 Å². The molecule has 0 saturated carbocycles. The highest BCUT2D eigenvalue weighted by atomic mass is 127. The van der Waals surface area contributed by atoms with Crippen molar-refractivity contribution in [3.63, 3.8) is 0 Å². The maximum atomic E-state index is 13.2. The average molecular weight is 396 g/mol. The molecule has 2 aromatic carbocycles. The standard InChI is InChI=1S/C16H14FIN2O/c17-11-4-6-13(14(18)8-11)16(21)20-7-1-2-10-3-5-12(19)9-15(10)20/h3-6,8-9H,1-2,7,19H2. The summed E-state index contributed by atoms with van der Waals surface area (Å²) < 4.78 is 13.8. The van der Waals surface area contributed by atoms with E-state index in [0.717, 1.165) is 24.1 Å². The predicted octanol–water partition coefficient (Wildman–Crippen LogP) is 3.61. The number of aryl methyl sites for hydroxylation is 1. The van der Waals surface area contributed by atoms with Crippen molar-refractivity contribution in [2.24, 2.45) is 0 Å². The first-order valence-corrected chi connectivity index (χ1v) is 7.79. The summed E-state index contributed by atoms with van der Waals surface area (Å²) in [7, 11) is 0. The molecule has 0 saturated heterocycles. The molecule has 0 radical (unpaired) electrons. The second-order valence-corrected chi connectivity index (χ2v) is 6.23. The van der Waals surface area contributed by atoms with Crippen molar-refractivity contribution in [3.8, 4) is 0 Å². The first-order chi connectivity index (χ1) is 10.1. The summed E-state index contributed by atoms with van der Waals surface area (Å²) in [5.74, 6) is -0.440. The summed E-state index contributed by atoms with van der Waals surface area (Å²) in [6.45, 7) is 0.655. The normalized spacial score (nSPS) is 13.9. The molecule has 0 aromatic heterocycles. The molecule has 0 bridgehead atoms. The number of carbonyl (C=O) groups is 1. The molecular formula is C16H14FIN2O. The van der Waals surface area contributed by atoms with Gasteiger partial charge in [-0.15, -0.1) is 0 Å². The van der Waals surface area contributed by atoms with Crippen LogP contribution in [0, 0.1) is 9.39 Å². The van der Waals surface area contributed by atoms with Crippen LogP contribution in [0.3, 0.4) is 0 Å². The van der Waals surface area contributed by atoms with Gasteiger partial charge in [-0.3, -0.25) is 4.79 Å². The maximum absolute atomic E-state index is 13.2. The van der Waals surface area contributed by atoms with Crippen LogP contribution in [0.15, 0.2) is 36.4 Å². The van der Waals surface area contributed by atoms with Gasteiger partial charge in [-0.05, 0) is 71.3 Å². The van der Waals surface area contributed by atoms with Crippen LogP contribution in [0.2, 0.25) is 0 Å². The molecule has 1 amide bonds. The molecule has 3 nitrogen and oxygen atoms in total. The Morgan fingerprint density at radius 1 is 1.24 bits per heavy atom. The van der Waals surface area contributed by atoms with E-state index in [4.69, 9.17) is 5.73 Å². The largest absolute Gasteiger partial charge is 0.399 e. The number of benzene rings is 2. The van der Waals surface area contributed by atoms with E-state index in [9.17, 15) is 9.18 Å². The molecule has 21 heavy (non-hydrogen) atoms. The van der Waals surface area contributed by atoms with Gasteiger partial charge in [0.15, 0.2) is 0 Å². The molecule has 0 aliphatic carbocycles. The topological polar surface area (TPSA) is 46.3 Å². The Morgan fingerprint density at radius 3 is 2.81 bits per heavy atom. The fourth-order valence-electron chi connectivity index (χ4n) is 2.61. The number of halogens is 2. The monoisotopic (exact) mass is 396 g/mol. The van der Waals surface area contributed by atoms with Crippen LogP contribution in [0.5, 0.6) is 0 Å². The number of nitrogen functional groups attached to an aromatic ring is 1. The summed E-state index contributed by atoms with van der Waals surface area (Å²) in [4.78, 5) is 14.5. The van der Waals surface area contributed by atoms with Crippen molar-refractivity contribution in [3.05, 3.63) is 56.9 Å². The molecule has 5 heteroatoms. The molecule has 0 unspecified atom stereocenters. The molecular weight excluding hydrogens is 382 g/mol. The minimum absolute atomic E-state index is 0.106. The molecule has 2 N–H and O–H groups in total. The summed E-state index contributed by atoms with van der Waals surface area (Å²) in [6.07, 6.45) is 1.86. The number of hydrogen-bond acceptors (Lipinski definition) is 2. The number of rotatable bonds is 1. The van der Waals surface area contributed by atoms with E-state index in [2.05, 4.69) is 0 Å². The van der Waals surface area contributed by atoms with Gasteiger partial charge in [-0.1, -0.05) is 6.07 Å². The van der Waals surface area contributed by atoms with Crippen LogP contribution >= 0.6 is 22.6 Å². The van der Waals surface area contributed by atoms with E-state index >= 15 is 0 Å². The van der Waals surface area contributed by atoms with E-state index in [1.807, 2.05) is 40.8 Å². The lowest BCUT2D eigenvalue weighted by Gasteiger charge is -2.30. The number of anilines is 2. The highest BCUT2D eigenvalue weighted by Crippen LogP contribution is 2.31. The van der Waals surface area contributed by atoms with E-state index in [1.165, 1.54) is 12.1 Å². The number of amides is 1. The zero-order chi connectivity index (χ0) is 15.0. The summed E-state index contributed by atoms with van der Waals surface area (Å²) >= 11 is 1.99. The van der Waals surface area contributed by atoms with Crippen LogP contribution in [0.4, 0.5) is 15.8 Å². The van der Waals surface area contributed by atoms with Gasteiger partial charge in [0.25, 0.3) is 5.91 Å². The Hall–Kier alpha value is -1.63. The molecule has 1 aliphatic rings. The Balaban J connectivity index is 2.02. The van der Waals surface area contributed by atoms with Crippen molar-refractivity contribution in [1.82, 2.24) is 0 Å².